The fraction of sp³-hybridized carbons (Fsp3) is 0.600. The van der Waals surface area contributed by atoms with Gasteiger partial charge in [0.15, 0.2) is 0 Å². The zero-order chi connectivity index (χ0) is 14.7. The van der Waals surface area contributed by atoms with Gasteiger partial charge in [-0.05, 0) is 57.4 Å². The van der Waals surface area contributed by atoms with E-state index in [0.717, 1.165) is 31.6 Å². The Labute approximate surface area is 128 Å². The van der Waals surface area contributed by atoms with Gasteiger partial charge >= 0.3 is 0 Å². The molecule has 0 aliphatic carbocycles. The number of hydrogen-bond donors (Lipinski definition) is 1. The number of rotatable bonds is 3. The largest absolute Gasteiger partial charge is 0.391 e. The minimum absolute atomic E-state index is 0.0875. The third-order valence-electron chi connectivity index (χ3n) is 3.93. The standard InChI is InChI=1S/C15H22BrFN2O/c1-18-4-3-5-19(2)14(10-18)15(20)8-11-6-12(16)9-13(17)7-11/h6-7,9,14-15,20H,3-5,8,10H2,1-2H3. The molecule has 1 aliphatic rings. The van der Waals surface area contributed by atoms with E-state index in [1.807, 2.05) is 6.07 Å². The van der Waals surface area contributed by atoms with Crippen molar-refractivity contribution >= 4 is 15.9 Å². The smallest absolute Gasteiger partial charge is 0.124 e. The lowest BCUT2D eigenvalue weighted by molar-refractivity contribution is 0.0581. The van der Waals surface area contributed by atoms with Gasteiger partial charge in [-0.2, -0.15) is 0 Å². The molecule has 2 unspecified atom stereocenters. The lowest BCUT2D eigenvalue weighted by Gasteiger charge is -2.31. The first-order chi connectivity index (χ1) is 9.45. The van der Waals surface area contributed by atoms with Crippen LogP contribution in [0.2, 0.25) is 0 Å². The SMILES string of the molecule is CN1CCCN(C)C(C(O)Cc2cc(F)cc(Br)c2)C1. The maximum absolute atomic E-state index is 13.4. The Balaban J connectivity index is 2.07. The van der Waals surface area contributed by atoms with Crippen LogP contribution in [-0.2, 0) is 6.42 Å². The maximum Gasteiger partial charge on any atom is 0.124 e. The van der Waals surface area contributed by atoms with E-state index in [1.54, 1.807) is 0 Å². The summed E-state index contributed by atoms with van der Waals surface area (Å²) < 4.78 is 14.1. The number of likely N-dealkylation sites (N-methyl/N-ethyl adjacent to an activating group) is 2. The van der Waals surface area contributed by atoms with Crippen molar-refractivity contribution < 1.29 is 9.50 Å². The highest BCUT2D eigenvalue weighted by molar-refractivity contribution is 9.10. The molecule has 1 fully saturated rings. The van der Waals surface area contributed by atoms with Gasteiger partial charge in [0, 0.05) is 23.5 Å². The molecular formula is C15H22BrFN2O. The van der Waals surface area contributed by atoms with E-state index in [0.29, 0.717) is 10.9 Å². The van der Waals surface area contributed by atoms with Crippen LogP contribution in [0.5, 0.6) is 0 Å². The van der Waals surface area contributed by atoms with Crippen LogP contribution >= 0.6 is 15.9 Å². The van der Waals surface area contributed by atoms with Crippen molar-refractivity contribution in [1.82, 2.24) is 9.80 Å². The summed E-state index contributed by atoms with van der Waals surface area (Å²) in [5.74, 6) is -0.270. The average molecular weight is 345 g/mol. The molecule has 0 aromatic heterocycles. The van der Waals surface area contributed by atoms with E-state index in [2.05, 4.69) is 39.8 Å². The molecule has 0 spiro atoms. The Morgan fingerprint density at radius 1 is 1.35 bits per heavy atom. The molecule has 1 saturated heterocycles. The predicted molar refractivity (Wildman–Crippen MR) is 82.3 cm³/mol. The van der Waals surface area contributed by atoms with E-state index in [4.69, 9.17) is 0 Å². The van der Waals surface area contributed by atoms with Crippen LogP contribution in [0.15, 0.2) is 22.7 Å². The van der Waals surface area contributed by atoms with Gasteiger partial charge < -0.3 is 10.0 Å². The average Bonchev–Trinajstić information content (AvgIpc) is 2.49. The number of aliphatic hydroxyl groups excluding tert-OH is 1. The molecule has 5 heteroatoms. The molecule has 112 valence electrons. The molecule has 2 rings (SSSR count). The van der Waals surface area contributed by atoms with Crippen molar-refractivity contribution in [2.75, 3.05) is 33.7 Å². The molecule has 2 atom stereocenters. The van der Waals surface area contributed by atoms with Gasteiger partial charge in [-0.1, -0.05) is 15.9 Å². The monoisotopic (exact) mass is 344 g/mol. The third-order valence-corrected chi connectivity index (χ3v) is 4.38. The van der Waals surface area contributed by atoms with Crippen molar-refractivity contribution in [2.45, 2.75) is 25.0 Å². The highest BCUT2D eigenvalue weighted by Crippen LogP contribution is 2.19. The molecule has 1 N–H and O–H groups in total. The molecule has 1 aliphatic heterocycles. The van der Waals surface area contributed by atoms with Crippen LogP contribution in [0.4, 0.5) is 4.39 Å². The van der Waals surface area contributed by atoms with Crippen molar-refractivity contribution in [3.8, 4) is 0 Å². The second-order valence-corrected chi connectivity index (χ2v) is 6.63. The van der Waals surface area contributed by atoms with Crippen molar-refractivity contribution in [3.63, 3.8) is 0 Å². The summed E-state index contributed by atoms with van der Waals surface area (Å²) in [5, 5.41) is 10.5. The van der Waals surface area contributed by atoms with Gasteiger partial charge in [-0.3, -0.25) is 4.90 Å². The zero-order valence-corrected chi connectivity index (χ0v) is 13.6. The molecule has 0 saturated carbocycles. The molecule has 1 aromatic carbocycles. The van der Waals surface area contributed by atoms with Crippen LogP contribution in [0.3, 0.4) is 0 Å². The van der Waals surface area contributed by atoms with Gasteiger partial charge in [-0.15, -0.1) is 0 Å². The van der Waals surface area contributed by atoms with E-state index in [-0.39, 0.29) is 11.9 Å². The Hall–Kier alpha value is -0.490. The van der Waals surface area contributed by atoms with E-state index in [9.17, 15) is 9.50 Å². The summed E-state index contributed by atoms with van der Waals surface area (Å²) in [7, 11) is 4.13. The molecule has 0 amide bonds. The topological polar surface area (TPSA) is 26.7 Å². The second-order valence-electron chi connectivity index (χ2n) is 5.71. The Morgan fingerprint density at radius 3 is 2.80 bits per heavy atom. The Kier molecular flexibility index (Phi) is 5.55. The summed E-state index contributed by atoms with van der Waals surface area (Å²) in [5.41, 5.74) is 0.824. The van der Waals surface area contributed by atoms with Gasteiger partial charge in [0.25, 0.3) is 0 Å². The molecule has 1 aromatic rings. The summed E-state index contributed by atoms with van der Waals surface area (Å²) in [6, 6.07) is 4.88. The number of benzene rings is 1. The minimum atomic E-state index is -0.491. The second kappa shape index (κ2) is 6.98. The highest BCUT2D eigenvalue weighted by atomic mass is 79.9. The summed E-state index contributed by atoms with van der Waals surface area (Å²) in [6.07, 6.45) is 1.09. The summed E-state index contributed by atoms with van der Waals surface area (Å²) in [6.45, 7) is 2.88. The van der Waals surface area contributed by atoms with Crippen LogP contribution in [0.1, 0.15) is 12.0 Å². The first-order valence-corrected chi connectivity index (χ1v) is 7.77. The first-order valence-electron chi connectivity index (χ1n) is 6.97. The molecular weight excluding hydrogens is 323 g/mol. The van der Waals surface area contributed by atoms with Crippen molar-refractivity contribution in [1.29, 1.82) is 0 Å². The fourth-order valence-electron chi connectivity index (χ4n) is 2.83. The fourth-order valence-corrected chi connectivity index (χ4v) is 3.34. The highest BCUT2D eigenvalue weighted by Gasteiger charge is 2.27. The zero-order valence-electron chi connectivity index (χ0n) is 12.0. The number of halogens is 2. The lowest BCUT2D eigenvalue weighted by atomic mass is 10.0. The normalized spacial score (nSPS) is 23.6. The van der Waals surface area contributed by atoms with Crippen molar-refractivity contribution in [2.24, 2.45) is 0 Å². The van der Waals surface area contributed by atoms with Crippen molar-refractivity contribution in [3.05, 3.63) is 34.1 Å². The molecule has 20 heavy (non-hydrogen) atoms. The predicted octanol–water partition coefficient (Wildman–Crippen LogP) is 2.13. The van der Waals surface area contributed by atoms with E-state index < -0.39 is 6.10 Å². The number of hydrogen-bond acceptors (Lipinski definition) is 3. The van der Waals surface area contributed by atoms with Gasteiger partial charge in [0.1, 0.15) is 5.82 Å². The van der Waals surface area contributed by atoms with Gasteiger partial charge in [0.05, 0.1) is 6.10 Å². The number of aliphatic hydroxyl groups is 1. The Morgan fingerprint density at radius 2 is 2.10 bits per heavy atom. The molecule has 0 bridgehead atoms. The minimum Gasteiger partial charge on any atom is -0.391 e. The van der Waals surface area contributed by atoms with E-state index >= 15 is 0 Å². The third kappa shape index (κ3) is 4.25. The first kappa shape index (κ1) is 15.9. The van der Waals surface area contributed by atoms with Crippen LogP contribution in [0.25, 0.3) is 0 Å². The van der Waals surface area contributed by atoms with Gasteiger partial charge in [-0.25, -0.2) is 4.39 Å². The van der Waals surface area contributed by atoms with Gasteiger partial charge in [0.2, 0.25) is 0 Å². The molecule has 0 radical (unpaired) electrons. The Bertz CT molecular complexity index is 437. The molecule has 3 nitrogen and oxygen atoms in total. The number of nitrogens with zero attached hydrogens (tertiary/aromatic N) is 2. The quantitative estimate of drug-likeness (QED) is 0.909. The summed E-state index contributed by atoms with van der Waals surface area (Å²) >= 11 is 3.29. The van der Waals surface area contributed by atoms with Crippen LogP contribution < -0.4 is 0 Å². The van der Waals surface area contributed by atoms with Crippen LogP contribution in [-0.4, -0.2) is 60.8 Å². The lowest BCUT2D eigenvalue weighted by Crippen LogP contribution is -2.47. The summed E-state index contributed by atoms with van der Waals surface area (Å²) in [4.78, 5) is 4.46. The van der Waals surface area contributed by atoms with E-state index in [1.165, 1.54) is 12.1 Å². The maximum atomic E-state index is 13.4. The molecule has 1 heterocycles. The van der Waals surface area contributed by atoms with Crippen LogP contribution in [0, 0.1) is 5.82 Å².